The number of hydrogen-bond donors (Lipinski definition) is 1. The number of amides is 2. The summed E-state index contributed by atoms with van der Waals surface area (Å²) in [6, 6.07) is 3.70. The highest BCUT2D eigenvalue weighted by molar-refractivity contribution is 9.12. The first-order valence-electron chi connectivity index (χ1n) is 11.9. The molecule has 1 fully saturated rings. The lowest BCUT2D eigenvalue weighted by atomic mass is 9.59. The number of allylic oxidation sites excluding steroid dienone is 6. The second-order valence-electron chi connectivity index (χ2n) is 11.1. The van der Waals surface area contributed by atoms with Gasteiger partial charge >= 0.3 is 0 Å². The topological polar surface area (TPSA) is 91.8 Å². The van der Waals surface area contributed by atoms with Crippen molar-refractivity contribution >= 4 is 39.3 Å². The number of phenols is 1. The van der Waals surface area contributed by atoms with Crippen LogP contribution in [0.1, 0.15) is 56.2 Å². The lowest BCUT2D eigenvalue weighted by molar-refractivity contribution is -0.145. The molecular formula is C28H28BrNO5. The van der Waals surface area contributed by atoms with Crippen LogP contribution in [0.2, 0.25) is 0 Å². The van der Waals surface area contributed by atoms with Crippen LogP contribution in [0.3, 0.4) is 0 Å². The Balaban J connectivity index is 1.71. The van der Waals surface area contributed by atoms with E-state index in [1.165, 1.54) is 11.0 Å². The third-order valence-electron chi connectivity index (χ3n) is 7.85. The van der Waals surface area contributed by atoms with Crippen molar-refractivity contribution in [3.63, 3.8) is 0 Å². The number of benzene rings is 1. The van der Waals surface area contributed by atoms with Crippen molar-refractivity contribution in [1.82, 2.24) is 4.90 Å². The van der Waals surface area contributed by atoms with E-state index in [0.29, 0.717) is 28.7 Å². The second-order valence-corrected chi connectivity index (χ2v) is 11.9. The van der Waals surface area contributed by atoms with Gasteiger partial charge in [-0.2, -0.15) is 0 Å². The number of aryl methyl sites for hydroxylation is 2. The molecule has 0 saturated carbocycles. The number of aromatic hydroxyl groups is 1. The first-order valence-corrected chi connectivity index (χ1v) is 12.7. The standard InChI is InChI=1S/C28H28BrNO5/c1-12-8-14(9-13(2)24(12)32)21-15-6-7-16-22(27(35)30(26(16)34)28(3,4)5)17(15)10-18-23(21)20(31)11-19(29)25(18)33/h6,8-9,11,16-17,21-22,32H,7,10H2,1-5H3. The van der Waals surface area contributed by atoms with Crippen LogP contribution < -0.4 is 0 Å². The van der Waals surface area contributed by atoms with Gasteiger partial charge in [-0.1, -0.05) is 23.8 Å². The fraction of sp³-hybridized carbons (Fsp3) is 0.429. The lowest BCUT2D eigenvalue weighted by Crippen LogP contribution is -2.46. The maximum atomic E-state index is 13.7. The number of nitrogens with zero attached hydrogens (tertiary/aromatic N) is 1. The molecule has 1 saturated heterocycles. The van der Waals surface area contributed by atoms with Gasteiger partial charge in [0.05, 0.1) is 16.3 Å². The van der Waals surface area contributed by atoms with Crippen LogP contribution in [0, 0.1) is 31.6 Å². The molecule has 4 atom stereocenters. The number of hydrogen-bond acceptors (Lipinski definition) is 5. The van der Waals surface area contributed by atoms with Crippen molar-refractivity contribution in [2.45, 2.75) is 58.9 Å². The number of likely N-dealkylation sites (tertiary alicyclic amines) is 1. The number of rotatable bonds is 1. The molecule has 2 amide bonds. The van der Waals surface area contributed by atoms with Crippen LogP contribution in [0.15, 0.2) is 45.5 Å². The highest BCUT2D eigenvalue weighted by Crippen LogP contribution is 2.56. The fourth-order valence-electron chi connectivity index (χ4n) is 6.40. The molecule has 0 radical (unpaired) electrons. The molecule has 5 rings (SSSR count). The van der Waals surface area contributed by atoms with E-state index in [1.54, 1.807) is 13.8 Å². The maximum absolute atomic E-state index is 13.7. The largest absolute Gasteiger partial charge is 0.507 e. The molecule has 7 heteroatoms. The first kappa shape index (κ1) is 23.9. The third kappa shape index (κ3) is 3.42. The number of ketones is 2. The van der Waals surface area contributed by atoms with Crippen LogP contribution in [-0.2, 0) is 19.2 Å². The number of carbonyl (C=O) groups is 4. The summed E-state index contributed by atoms with van der Waals surface area (Å²) >= 11 is 3.25. The molecule has 0 spiro atoms. The molecule has 4 unspecified atom stereocenters. The number of carbonyl (C=O) groups excluding carboxylic acids is 4. The van der Waals surface area contributed by atoms with Gasteiger partial charge in [0, 0.05) is 28.7 Å². The van der Waals surface area contributed by atoms with Gasteiger partial charge in [0.25, 0.3) is 0 Å². The Kier molecular flexibility index (Phi) is 5.37. The predicted octanol–water partition coefficient (Wildman–Crippen LogP) is 4.57. The molecule has 1 aromatic carbocycles. The van der Waals surface area contributed by atoms with E-state index in [-0.39, 0.29) is 46.0 Å². The molecule has 1 aromatic rings. The van der Waals surface area contributed by atoms with Crippen LogP contribution in [0.4, 0.5) is 0 Å². The molecule has 0 bridgehead atoms. The number of fused-ring (bicyclic) bond motifs is 3. The fourth-order valence-corrected chi connectivity index (χ4v) is 6.85. The van der Waals surface area contributed by atoms with Crippen molar-refractivity contribution in [1.29, 1.82) is 0 Å². The van der Waals surface area contributed by atoms with Crippen molar-refractivity contribution in [2.24, 2.45) is 17.8 Å². The van der Waals surface area contributed by atoms with E-state index in [1.807, 2.05) is 39.0 Å². The molecule has 0 aromatic heterocycles. The van der Waals surface area contributed by atoms with E-state index >= 15 is 0 Å². The Morgan fingerprint density at radius 1 is 1.00 bits per heavy atom. The van der Waals surface area contributed by atoms with E-state index in [9.17, 15) is 24.3 Å². The average molecular weight is 538 g/mol. The van der Waals surface area contributed by atoms with Crippen molar-refractivity contribution in [3.8, 4) is 5.75 Å². The number of Topliss-reactive ketones (excluding diaryl/α,β-unsaturated/α-hetero) is 1. The Morgan fingerprint density at radius 3 is 2.23 bits per heavy atom. The van der Waals surface area contributed by atoms with Gasteiger partial charge < -0.3 is 5.11 Å². The van der Waals surface area contributed by atoms with Gasteiger partial charge in [-0.25, -0.2) is 0 Å². The zero-order valence-electron chi connectivity index (χ0n) is 20.4. The van der Waals surface area contributed by atoms with Gasteiger partial charge in [-0.15, -0.1) is 0 Å². The summed E-state index contributed by atoms with van der Waals surface area (Å²) in [4.78, 5) is 54.9. The quantitative estimate of drug-likeness (QED) is 0.322. The van der Waals surface area contributed by atoms with Crippen molar-refractivity contribution < 1.29 is 24.3 Å². The Morgan fingerprint density at radius 2 is 1.63 bits per heavy atom. The third-order valence-corrected chi connectivity index (χ3v) is 8.44. The average Bonchev–Trinajstić information content (AvgIpc) is 3.04. The summed E-state index contributed by atoms with van der Waals surface area (Å²) in [5.74, 6) is -2.54. The molecule has 1 heterocycles. The van der Waals surface area contributed by atoms with Crippen LogP contribution in [0.25, 0.3) is 0 Å². The highest BCUT2D eigenvalue weighted by Gasteiger charge is 2.58. The molecule has 6 nitrogen and oxygen atoms in total. The minimum atomic E-state index is -0.641. The smallest absolute Gasteiger partial charge is 0.234 e. The Hall–Kier alpha value is -2.80. The van der Waals surface area contributed by atoms with Crippen molar-refractivity contribution in [3.05, 3.63) is 62.2 Å². The number of imide groups is 1. The lowest BCUT2D eigenvalue weighted by Gasteiger charge is -2.42. The molecule has 1 N–H and O–H groups in total. The monoisotopic (exact) mass is 537 g/mol. The van der Waals surface area contributed by atoms with E-state index < -0.39 is 23.3 Å². The maximum Gasteiger partial charge on any atom is 0.234 e. The van der Waals surface area contributed by atoms with E-state index in [2.05, 4.69) is 15.9 Å². The highest BCUT2D eigenvalue weighted by atomic mass is 79.9. The molecule has 4 aliphatic rings. The summed E-state index contributed by atoms with van der Waals surface area (Å²) in [6.07, 6.45) is 4.01. The SMILES string of the molecule is Cc1cc(C2C3=CCC4C(=O)N(C(C)(C)C)C(=O)C4C3CC3=C2C(=O)C=C(Br)C3=O)cc(C)c1O. The summed E-state index contributed by atoms with van der Waals surface area (Å²) in [7, 11) is 0. The van der Waals surface area contributed by atoms with Gasteiger partial charge in [-0.05, 0) is 86.0 Å². The van der Waals surface area contributed by atoms with Crippen LogP contribution in [-0.4, -0.2) is 38.9 Å². The zero-order chi connectivity index (χ0) is 25.6. The minimum Gasteiger partial charge on any atom is -0.507 e. The number of phenolic OH excluding ortho intramolecular Hbond substituents is 1. The molecule has 182 valence electrons. The van der Waals surface area contributed by atoms with Crippen LogP contribution in [0.5, 0.6) is 5.75 Å². The van der Waals surface area contributed by atoms with E-state index in [4.69, 9.17) is 0 Å². The normalized spacial score (nSPS) is 28.6. The summed E-state index contributed by atoms with van der Waals surface area (Å²) in [5, 5.41) is 10.4. The Bertz CT molecular complexity index is 1300. The van der Waals surface area contributed by atoms with E-state index in [0.717, 1.165) is 11.1 Å². The Labute approximate surface area is 212 Å². The summed E-state index contributed by atoms with van der Waals surface area (Å²) < 4.78 is 0.211. The predicted molar refractivity (Wildman–Crippen MR) is 134 cm³/mol. The molecule has 35 heavy (non-hydrogen) atoms. The molecular weight excluding hydrogens is 510 g/mol. The molecule has 1 aliphatic heterocycles. The van der Waals surface area contributed by atoms with Gasteiger partial charge in [0.15, 0.2) is 11.6 Å². The van der Waals surface area contributed by atoms with Gasteiger partial charge in [-0.3, -0.25) is 24.1 Å². The second kappa shape index (κ2) is 7.85. The summed E-state index contributed by atoms with van der Waals surface area (Å²) in [6.45, 7) is 9.17. The summed E-state index contributed by atoms with van der Waals surface area (Å²) in [5.41, 5.74) is 3.28. The number of halogens is 1. The molecule has 3 aliphatic carbocycles. The first-order chi connectivity index (χ1) is 16.3. The van der Waals surface area contributed by atoms with Gasteiger partial charge in [0.2, 0.25) is 11.8 Å². The minimum absolute atomic E-state index is 0.164. The zero-order valence-corrected chi connectivity index (χ0v) is 22.0. The van der Waals surface area contributed by atoms with Gasteiger partial charge in [0.1, 0.15) is 5.75 Å². The van der Waals surface area contributed by atoms with Crippen LogP contribution >= 0.6 is 15.9 Å². The van der Waals surface area contributed by atoms with Crippen molar-refractivity contribution in [2.75, 3.05) is 0 Å².